The van der Waals surface area contributed by atoms with Crippen molar-refractivity contribution in [1.29, 1.82) is 0 Å². The number of rotatable bonds is 6. The van der Waals surface area contributed by atoms with Gasteiger partial charge in [0.15, 0.2) is 25.1 Å². The van der Waals surface area contributed by atoms with Gasteiger partial charge in [0.2, 0.25) is 5.89 Å². The van der Waals surface area contributed by atoms with Gasteiger partial charge in [0, 0.05) is 28.8 Å². The van der Waals surface area contributed by atoms with Gasteiger partial charge in [-0.15, -0.1) is 0 Å². The van der Waals surface area contributed by atoms with E-state index in [9.17, 15) is 30.0 Å². The highest BCUT2D eigenvalue weighted by atomic mass is 32.2. The molecule has 0 aliphatic rings. The first-order valence-electron chi connectivity index (χ1n) is 9.71. The minimum Gasteiger partial charge on any atom is -0.435 e. The maximum absolute atomic E-state index is 13.5. The summed E-state index contributed by atoms with van der Waals surface area (Å²) in [6.45, 7) is 2.43. The van der Waals surface area contributed by atoms with Crippen LogP contribution in [0.15, 0.2) is 53.4 Å². The van der Waals surface area contributed by atoms with Crippen LogP contribution in [0.3, 0.4) is 0 Å². The second-order valence-corrected chi connectivity index (χ2v) is 14.3. The lowest BCUT2D eigenvalue weighted by atomic mass is 10.3. The zero-order valence-corrected chi connectivity index (χ0v) is 20.9. The lowest BCUT2D eigenvalue weighted by Crippen LogP contribution is -2.23. The number of oxazole rings is 1. The maximum Gasteiger partial charge on any atom is 0.483 e. The second-order valence-electron chi connectivity index (χ2n) is 7.28. The fraction of sp³-hybridized carbons (Fsp3) is 0.368. The third-order valence-electron chi connectivity index (χ3n) is 4.38. The van der Waals surface area contributed by atoms with Crippen LogP contribution in [0.25, 0.3) is 22.7 Å². The molecule has 0 amide bonds. The third-order valence-corrected chi connectivity index (χ3v) is 8.92. The smallest absolute Gasteiger partial charge is 0.435 e. The van der Waals surface area contributed by atoms with E-state index in [2.05, 4.69) is 18.7 Å². The molecule has 0 aliphatic carbocycles. The minimum atomic E-state index is -5.11. The maximum atomic E-state index is 13.5. The molecule has 9 nitrogen and oxygen atoms in total. The van der Waals surface area contributed by atoms with Gasteiger partial charge in [-0.05, 0) is 31.2 Å². The van der Waals surface area contributed by atoms with Gasteiger partial charge in [0.25, 0.3) is 0 Å². The second kappa shape index (κ2) is 8.92. The molecule has 0 saturated heterocycles. The van der Waals surface area contributed by atoms with Crippen LogP contribution in [0, 0.1) is 0 Å². The molecule has 3 aromatic rings. The van der Waals surface area contributed by atoms with E-state index in [0.29, 0.717) is 0 Å². The predicted molar refractivity (Wildman–Crippen MR) is 122 cm³/mol. The van der Waals surface area contributed by atoms with Crippen LogP contribution >= 0.6 is 0 Å². The van der Waals surface area contributed by atoms with Crippen LogP contribution < -0.4 is 0 Å². The monoisotopic (exact) mass is 538 g/mol. The van der Waals surface area contributed by atoms with Gasteiger partial charge < -0.3 is 4.42 Å². The summed E-state index contributed by atoms with van der Waals surface area (Å²) >= 11 is 0. The lowest BCUT2D eigenvalue weighted by molar-refractivity contribution is -0.0403. The predicted octanol–water partition coefficient (Wildman–Crippen LogP) is 4.41. The summed E-state index contributed by atoms with van der Waals surface area (Å²) in [5, 5.41) is 0. The van der Waals surface area contributed by atoms with Gasteiger partial charge in [-0.2, -0.15) is 17.5 Å². The third kappa shape index (κ3) is 5.10. The Hall–Kier alpha value is -2.52. The normalized spacial score (nSPS) is 14.7. The summed E-state index contributed by atoms with van der Waals surface area (Å²) in [4.78, 5) is 7.29. The van der Waals surface area contributed by atoms with E-state index in [4.69, 9.17) is 4.42 Å². The molecule has 0 N–H and O–H groups in total. The van der Waals surface area contributed by atoms with Crippen molar-refractivity contribution < 1.29 is 34.4 Å². The Morgan fingerprint density at radius 2 is 1.74 bits per heavy atom. The molecular weight excluding hydrogens is 517 g/mol. The molecule has 0 saturated carbocycles. The molecule has 186 valence electrons. The van der Waals surface area contributed by atoms with Crippen LogP contribution in [-0.2, 0) is 29.3 Å². The van der Waals surface area contributed by atoms with E-state index < -0.39 is 39.7 Å². The van der Waals surface area contributed by atoms with Crippen molar-refractivity contribution in [3.63, 3.8) is 0 Å². The number of fused-ring (bicyclic) bond motifs is 1. The Morgan fingerprint density at radius 3 is 2.29 bits per heavy atom. The molecule has 34 heavy (non-hydrogen) atoms. The molecule has 0 spiro atoms. The average Bonchev–Trinajstić information content (AvgIpc) is 3.15. The fourth-order valence-electron chi connectivity index (χ4n) is 2.94. The first-order chi connectivity index (χ1) is 15.6. The molecule has 2 heterocycles. The van der Waals surface area contributed by atoms with Crippen LogP contribution in [0.1, 0.15) is 13.8 Å². The number of benzene rings is 1. The quantitative estimate of drug-likeness (QED) is 0.454. The number of alkyl halides is 3. The number of aromatic nitrogens is 2. The number of halogens is 3. The summed E-state index contributed by atoms with van der Waals surface area (Å²) in [6.07, 6.45) is 3.93. The van der Waals surface area contributed by atoms with E-state index in [-0.39, 0.29) is 45.6 Å². The zero-order valence-electron chi connectivity index (χ0n) is 18.5. The molecule has 1 unspecified atom stereocenters. The molecule has 1 atom stereocenters. The first kappa shape index (κ1) is 26.1. The zero-order chi connectivity index (χ0) is 25.5. The van der Waals surface area contributed by atoms with Crippen molar-refractivity contribution in [1.82, 2.24) is 9.97 Å². The Balaban J connectivity index is 2.25. The van der Waals surface area contributed by atoms with Gasteiger partial charge in [-0.1, -0.05) is 6.92 Å². The molecule has 3 rings (SSSR count). The topological polar surface area (TPSA) is 132 Å². The summed E-state index contributed by atoms with van der Waals surface area (Å²) in [6, 6.07) is 4.26. The van der Waals surface area contributed by atoms with Crippen molar-refractivity contribution in [3.05, 3.63) is 30.5 Å². The van der Waals surface area contributed by atoms with Crippen molar-refractivity contribution in [2.24, 2.45) is 8.73 Å². The van der Waals surface area contributed by atoms with E-state index >= 15 is 0 Å². The lowest BCUT2D eigenvalue weighted by Gasteiger charge is -2.13. The average molecular weight is 539 g/mol. The Morgan fingerprint density at radius 1 is 1.06 bits per heavy atom. The first-order valence-corrected chi connectivity index (χ1v) is 15.2. The Labute approximate surface area is 195 Å². The molecule has 0 aliphatic heterocycles. The minimum absolute atomic E-state index is 0.0275. The van der Waals surface area contributed by atoms with Gasteiger partial charge >= 0.3 is 5.51 Å². The SMILES string of the molecule is CCN=S(=O)(c1ccc2oc(-c3ncc(N=S(C)(C)=O)cc3S(=O)(=O)CC)nc2c1)C(F)(F)F. The van der Waals surface area contributed by atoms with Gasteiger partial charge in [0.1, 0.15) is 16.1 Å². The van der Waals surface area contributed by atoms with Gasteiger partial charge in [0.05, 0.1) is 22.5 Å². The molecular formula is C19H21F3N4O5S3. The number of pyridine rings is 1. The van der Waals surface area contributed by atoms with Crippen LogP contribution in [0.2, 0.25) is 0 Å². The Kier molecular flexibility index (Phi) is 6.85. The summed E-state index contributed by atoms with van der Waals surface area (Å²) in [5.41, 5.74) is -5.29. The van der Waals surface area contributed by atoms with E-state index in [1.165, 1.54) is 38.6 Å². The van der Waals surface area contributed by atoms with Gasteiger partial charge in [-0.25, -0.2) is 31.2 Å². The number of sulfone groups is 1. The molecule has 0 fully saturated rings. The van der Waals surface area contributed by atoms with Crippen LogP contribution in [0.5, 0.6) is 0 Å². The fourth-order valence-corrected chi connectivity index (χ4v) is 6.04. The number of hydrogen-bond donors (Lipinski definition) is 0. The van der Waals surface area contributed by atoms with Crippen LogP contribution in [0.4, 0.5) is 18.9 Å². The summed E-state index contributed by atoms with van der Waals surface area (Å²) < 4.78 is 103. The molecule has 0 bridgehead atoms. The molecule has 0 radical (unpaired) electrons. The summed E-state index contributed by atoms with van der Waals surface area (Å²) in [5.74, 6) is -0.569. The Bertz CT molecular complexity index is 1600. The van der Waals surface area contributed by atoms with Gasteiger partial charge in [-0.3, -0.25) is 0 Å². The van der Waals surface area contributed by atoms with Crippen molar-refractivity contribution in [3.8, 4) is 11.6 Å². The number of nitrogens with zero attached hydrogens (tertiary/aromatic N) is 4. The molecule has 2 aromatic heterocycles. The van der Waals surface area contributed by atoms with E-state index in [1.807, 2.05) is 0 Å². The largest absolute Gasteiger partial charge is 0.483 e. The highest BCUT2D eigenvalue weighted by Gasteiger charge is 2.44. The van der Waals surface area contributed by atoms with Crippen molar-refractivity contribution in [2.45, 2.75) is 29.1 Å². The highest BCUT2D eigenvalue weighted by molar-refractivity contribution is 7.94. The molecule has 15 heteroatoms. The van der Waals surface area contributed by atoms with Crippen LogP contribution in [-0.4, -0.2) is 57.1 Å². The number of hydrogen-bond acceptors (Lipinski definition) is 9. The molecule has 1 aromatic carbocycles. The standard InChI is InChI=1S/C19H21F3N4O5S3/c1-5-24-34(30,19(20,21)22)13-7-8-15-14(10-13)25-18(31-15)17-16(33(28,29)6-2)9-12(11-23-17)26-32(3,4)27/h7-11H,5-6H2,1-4H3. The summed E-state index contributed by atoms with van der Waals surface area (Å²) in [7, 11) is -11.2. The van der Waals surface area contributed by atoms with E-state index in [1.54, 1.807) is 0 Å². The highest BCUT2D eigenvalue weighted by Crippen LogP contribution is 2.36. The van der Waals surface area contributed by atoms with Crippen molar-refractivity contribution in [2.75, 3.05) is 24.8 Å². The van der Waals surface area contributed by atoms with Crippen molar-refractivity contribution >= 4 is 46.1 Å². The van der Waals surface area contributed by atoms with E-state index in [0.717, 1.165) is 18.2 Å².